The number of pyridine rings is 2. The summed E-state index contributed by atoms with van der Waals surface area (Å²) in [4.78, 5) is 21.0. The number of amides is 2. The van der Waals surface area contributed by atoms with E-state index in [1.807, 2.05) is 51.1 Å². The molecule has 3 aromatic heterocycles. The lowest BCUT2D eigenvalue weighted by Gasteiger charge is -2.15. The second kappa shape index (κ2) is 8.12. The van der Waals surface area contributed by atoms with E-state index < -0.39 is 0 Å². The Kier molecular flexibility index (Phi) is 5.37. The first-order valence-corrected chi connectivity index (χ1v) is 9.89. The minimum Gasteiger partial charge on any atom is -0.331 e. The third-order valence-corrected chi connectivity index (χ3v) is 5.31. The van der Waals surface area contributed by atoms with Gasteiger partial charge in [0.05, 0.1) is 11.6 Å². The van der Waals surface area contributed by atoms with Crippen molar-refractivity contribution in [2.75, 3.05) is 5.32 Å². The summed E-state index contributed by atoms with van der Waals surface area (Å²) in [5, 5.41) is 14.7. The van der Waals surface area contributed by atoms with Gasteiger partial charge in [0.1, 0.15) is 11.5 Å². The zero-order valence-electron chi connectivity index (χ0n) is 16.8. The van der Waals surface area contributed by atoms with E-state index in [0.29, 0.717) is 10.8 Å². The normalized spacial score (nSPS) is 12.0. The van der Waals surface area contributed by atoms with Crippen LogP contribution in [0.15, 0.2) is 48.8 Å². The van der Waals surface area contributed by atoms with Gasteiger partial charge in [0.25, 0.3) is 0 Å². The second-order valence-corrected chi connectivity index (χ2v) is 7.61. The summed E-state index contributed by atoms with van der Waals surface area (Å²) in [6.45, 7) is 5.78. The Morgan fingerprint density at radius 2 is 1.97 bits per heavy atom. The van der Waals surface area contributed by atoms with Gasteiger partial charge in [-0.15, -0.1) is 0 Å². The van der Waals surface area contributed by atoms with Crippen molar-refractivity contribution >= 4 is 34.4 Å². The Hall–Kier alpha value is -3.45. The third-order valence-electron chi connectivity index (χ3n) is 4.89. The number of nitrogens with zero attached hydrogens (tertiary/aromatic N) is 3. The van der Waals surface area contributed by atoms with Gasteiger partial charge in [0.2, 0.25) is 0 Å². The van der Waals surface area contributed by atoms with Crippen LogP contribution in [0.4, 0.5) is 10.6 Å². The zero-order chi connectivity index (χ0) is 21.3. The van der Waals surface area contributed by atoms with Crippen LogP contribution in [-0.2, 0) is 0 Å². The summed E-state index contributed by atoms with van der Waals surface area (Å²) in [6, 6.07) is 10.8. The molecule has 0 saturated carbocycles. The molecule has 2 amide bonds. The number of fused-ring (bicyclic) bond motifs is 1. The molecule has 0 spiro atoms. The summed E-state index contributed by atoms with van der Waals surface area (Å²) < 4.78 is 0. The molecule has 7 nitrogen and oxygen atoms in total. The standard InChI is InChI=1S/C22H21ClN6O/c1-12-8-15(4-5-18(12)23)14(3)26-22(30)27-20-10-19-17(11-25-20)21(29-28-19)16-6-7-24-13(2)9-16/h4-11,14H,1-3H3,(H,28,29)(H2,25,26,27,30)/t14-/m1/s1. The van der Waals surface area contributed by atoms with Crippen LogP contribution in [0.1, 0.15) is 29.8 Å². The van der Waals surface area contributed by atoms with E-state index >= 15 is 0 Å². The Balaban J connectivity index is 1.48. The monoisotopic (exact) mass is 420 g/mol. The van der Waals surface area contributed by atoms with E-state index in [2.05, 4.69) is 30.8 Å². The second-order valence-electron chi connectivity index (χ2n) is 7.20. The lowest BCUT2D eigenvalue weighted by Crippen LogP contribution is -2.31. The number of anilines is 1. The number of carbonyl (C=O) groups excluding carboxylic acids is 1. The van der Waals surface area contributed by atoms with Gasteiger partial charge < -0.3 is 5.32 Å². The zero-order valence-corrected chi connectivity index (χ0v) is 17.6. The van der Waals surface area contributed by atoms with Gasteiger partial charge in [-0.3, -0.25) is 15.4 Å². The number of H-pyrrole nitrogens is 1. The van der Waals surface area contributed by atoms with E-state index in [1.54, 1.807) is 18.5 Å². The number of aromatic nitrogens is 4. The molecule has 152 valence electrons. The Bertz CT molecular complexity index is 1240. The molecule has 0 aliphatic rings. The molecular formula is C22H21ClN6O. The van der Waals surface area contributed by atoms with Gasteiger partial charge in [-0.05, 0) is 50.1 Å². The number of aryl methyl sites for hydroxylation is 2. The molecule has 0 saturated heterocycles. The number of hydrogen-bond donors (Lipinski definition) is 3. The first kappa shape index (κ1) is 19.8. The fourth-order valence-electron chi connectivity index (χ4n) is 3.26. The minimum absolute atomic E-state index is 0.182. The fourth-order valence-corrected chi connectivity index (χ4v) is 3.38. The van der Waals surface area contributed by atoms with Gasteiger partial charge in [-0.25, -0.2) is 9.78 Å². The van der Waals surface area contributed by atoms with Crippen LogP contribution >= 0.6 is 11.6 Å². The van der Waals surface area contributed by atoms with Crippen molar-refractivity contribution in [2.45, 2.75) is 26.8 Å². The van der Waals surface area contributed by atoms with Crippen LogP contribution in [0.5, 0.6) is 0 Å². The number of halogens is 1. The molecule has 0 fully saturated rings. The largest absolute Gasteiger partial charge is 0.331 e. The third kappa shape index (κ3) is 4.11. The molecule has 1 aromatic carbocycles. The average Bonchev–Trinajstić information content (AvgIpc) is 3.13. The summed E-state index contributed by atoms with van der Waals surface area (Å²) in [5.74, 6) is 0.431. The number of urea groups is 1. The number of benzene rings is 1. The van der Waals surface area contributed by atoms with Crippen LogP contribution in [0.3, 0.4) is 0 Å². The van der Waals surface area contributed by atoms with Crippen LogP contribution in [0.25, 0.3) is 22.2 Å². The first-order valence-electron chi connectivity index (χ1n) is 9.51. The topological polar surface area (TPSA) is 95.6 Å². The number of nitrogens with one attached hydrogen (secondary N) is 3. The van der Waals surface area contributed by atoms with Crippen LogP contribution in [-0.4, -0.2) is 26.2 Å². The fraction of sp³-hybridized carbons (Fsp3) is 0.182. The highest BCUT2D eigenvalue weighted by atomic mass is 35.5. The highest BCUT2D eigenvalue weighted by Gasteiger charge is 2.13. The number of carbonyl (C=O) groups is 1. The Labute approximate surface area is 178 Å². The summed E-state index contributed by atoms with van der Waals surface area (Å²) >= 11 is 6.08. The van der Waals surface area contributed by atoms with Crippen molar-refractivity contribution in [1.29, 1.82) is 0 Å². The maximum atomic E-state index is 12.4. The molecule has 0 radical (unpaired) electrons. The van der Waals surface area contributed by atoms with Crippen LogP contribution < -0.4 is 10.6 Å². The molecular weight excluding hydrogens is 400 g/mol. The molecule has 1 atom stereocenters. The van der Waals surface area contributed by atoms with Crippen molar-refractivity contribution in [1.82, 2.24) is 25.5 Å². The number of aromatic amines is 1. The molecule has 8 heteroatoms. The van der Waals surface area contributed by atoms with E-state index in [1.165, 1.54) is 0 Å². The smallest absolute Gasteiger partial charge is 0.320 e. The summed E-state index contributed by atoms with van der Waals surface area (Å²) in [6.07, 6.45) is 3.45. The van der Waals surface area contributed by atoms with E-state index in [9.17, 15) is 4.79 Å². The summed E-state index contributed by atoms with van der Waals surface area (Å²) in [7, 11) is 0. The predicted octanol–water partition coefficient (Wildman–Crippen LogP) is 5.17. The molecule has 30 heavy (non-hydrogen) atoms. The van der Waals surface area contributed by atoms with Crippen molar-refractivity contribution in [3.05, 3.63) is 70.6 Å². The van der Waals surface area contributed by atoms with Gasteiger partial charge in [-0.2, -0.15) is 5.10 Å². The molecule has 3 N–H and O–H groups in total. The Morgan fingerprint density at radius 1 is 1.13 bits per heavy atom. The van der Waals surface area contributed by atoms with E-state index in [-0.39, 0.29) is 12.1 Å². The number of rotatable bonds is 4. The average molecular weight is 421 g/mol. The molecule has 0 bridgehead atoms. The van der Waals surface area contributed by atoms with Gasteiger partial charge in [0.15, 0.2) is 0 Å². The highest BCUT2D eigenvalue weighted by molar-refractivity contribution is 6.31. The summed E-state index contributed by atoms with van der Waals surface area (Å²) in [5.41, 5.74) is 5.39. The van der Waals surface area contributed by atoms with E-state index in [0.717, 1.165) is 39.0 Å². The SMILES string of the molecule is Cc1cc(-c2n[nH]c3cc(NC(=O)N[C@H](C)c4ccc(Cl)c(C)c4)ncc23)ccn1. The first-order chi connectivity index (χ1) is 14.4. The molecule has 4 aromatic rings. The van der Waals surface area contributed by atoms with Gasteiger partial charge in [0, 0.05) is 40.1 Å². The lowest BCUT2D eigenvalue weighted by molar-refractivity contribution is 0.249. The van der Waals surface area contributed by atoms with E-state index in [4.69, 9.17) is 11.6 Å². The van der Waals surface area contributed by atoms with Gasteiger partial charge >= 0.3 is 6.03 Å². The maximum absolute atomic E-state index is 12.4. The highest BCUT2D eigenvalue weighted by Crippen LogP contribution is 2.27. The molecule has 3 heterocycles. The Morgan fingerprint density at radius 3 is 2.73 bits per heavy atom. The van der Waals surface area contributed by atoms with Crippen LogP contribution in [0.2, 0.25) is 5.02 Å². The molecule has 4 rings (SSSR count). The van der Waals surface area contributed by atoms with Gasteiger partial charge in [-0.1, -0.05) is 23.7 Å². The van der Waals surface area contributed by atoms with Crippen molar-refractivity contribution in [2.24, 2.45) is 0 Å². The lowest BCUT2D eigenvalue weighted by atomic mass is 10.1. The molecule has 0 aliphatic heterocycles. The maximum Gasteiger partial charge on any atom is 0.320 e. The number of hydrogen-bond acceptors (Lipinski definition) is 4. The van der Waals surface area contributed by atoms with Crippen molar-refractivity contribution in [3.8, 4) is 11.3 Å². The van der Waals surface area contributed by atoms with Crippen LogP contribution in [0, 0.1) is 13.8 Å². The molecule has 0 aliphatic carbocycles. The van der Waals surface area contributed by atoms with Crippen molar-refractivity contribution in [3.63, 3.8) is 0 Å². The quantitative estimate of drug-likeness (QED) is 0.424. The van der Waals surface area contributed by atoms with Crippen molar-refractivity contribution < 1.29 is 4.79 Å². The predicted molar refractivity (Wildman–Crippen MR) is 119 cm³/mol. The minimum atomic E-state index is -0.341. The molecule has 0 unspecified atom stereocenters.